The van der Waals surface area contributed by atoms with Gasteiger partial charge in [0.1, 0.15) is 17.2 Å². The molecule has 1 fully saturated rings. The molecule has 1 saturated carbocycles. The zero-order valence-electron chi connectivity index (χ0n) is 19.7. The minimum Gasteiger partial charge on any atom is -0.497 e. The zero-order valence-corrected chi connectivity index (χ0v) is 19.7. The number of oxazole rings is 1. The van der Waals surface area contributed by atoms with Crippen molar-refractivity contribution in [1.29, 1.82) is 0 Å². The van der Waals surface area contributed by atoms with Crippen LogP contribution in [0.25, 0.3) is 11.5 Å². The number of hydrogen-bond acceptors (Lipinski definition) is 6. The summed E-state index contributed by atoms with van der Waals surface area (Å²) in [6.45, 7) is 8.16. The van der Waals surface area contributed by atoms with Crippen LogP contribution in [0, 0.1) is 5.92 Å². The van der Waals surface area contributed by atoms with Crippen molar-refractivity contribution < 1.29 is 28.5 Å². The fourth-order valence-electron chi connectivity index (χ4n) is 3.93. The van der Waals surface area contributed by atoms with Gasteiger partial charge in [-0.1, -0.05) is 26.3 Å². The van der Waals surface area contributed by atoms with Crippen molar-refractivity contribution in [2.45, 2.75) is 77.6 Å². The maximum Gasteiger partial charge on any atom is 0.335 e. The van der Waals surface area contributed by atoms with Gasteiger partial charge in [0.2, 0.25) is 5.89 Å². The van der Waals surface area contributed by atoms with Gasteiger partial charge in [0.05, 0.1) is 26.4 Å². The molecular weight excluding hydrogens is 410 g/mol. The highest BCUT2D eigenvalue weighted by molar-refractivity contribution is 5.76. The summed E-state index contributed by atoms with van der Waals surface area (Å²) < 4.78 is 23.3. The first kappa shape index (κ1) is 24.3. The van der Waals surface area contributed by atoms with Gasteiger partial charge in [0, 0.05) is 11.5 Å². The maximum absolute atomic E-state index is 11.3. The number of hydrogen-bond donors (Lipinski definition) is 1. The number of nitrogens with zero attached hydrogens (tertiary/aromatic N) is 1. The summed E-state index contributed by atoms with van der Waals surface area (Å²) in [7, 11) is 1.64. The minimum absolute atomic E-state index is 0.0993. The Morgan fingerprint density at radius 1 is 1.31 bits per heavy atom. The van der Waals surface area contributed by atoms with E-state index in [0.29, 0.717) is 25.0 Å². The highest BCUT2D eigenvalue weighted by atomic mass is 16.5. The van der Waals surface area contributed by atoms with Gasteiger partial charge in [-0.15, -0.1) is 0 Å². The molecular formula is C25H35NO6. The third kappa shape index (κ3) is 6.11. The third-order valence-electron chi connectivity index (χ3n) is 5.95. The highest BCUT2D eigenvalue weighted by Gasteiger charge is 2.31. The normalized spacial score (nSPS) is 19.3. The molecule has 2 atom stereocenters. The van der Waals surface area contributed by atoms with Crippen LogP contribution in [0.15, 0.2) is 28.7 Å². The first-order valence-corrected chi connectivity index (χ1v) is 11.3. The summed E-state index contributed by atoms with van der Waals surface area (Å²) in [5.41, 5.74) is 0.522. The lowest BCUT2D eigenvalue weighted by Crippen LogP contribution is -2.37. The summed E-state index contributed by atoms with van der Waals surface area (Å²) in [5, 5.41) is 9.24. The summed E-state index contributed by atoms with van der Waals surface area (Å²) in [6, 6.07) is 7.67. The SMILES string of the molecule is COc1cccc(-c2nc(COC3CCCC(COC(C)(C)C(=O)O)C3)c(C(C)C)o2)c1. The quantitative estimate of drug-likeness (QED) is 0.521. The second-order valence-electron chi connectivity index (χ2n) is 9.31. The second-order valence-corrected chi connectivity index (χ2v) is 9.31. The lowest BCUT2D eigenvalue weighted by Gasteiger charge is -2.31. The number of rotatable bonds is 10. The van der Waals surface area contributed by atoms with E-state index in [0.717, 1.165) is 48.5 Å². The predicted molar refractivity (Wildman–Crippen MR) is 121 cm³/mol. The van der Waals surface area contributed by atoms with E-state index in [1.54, 1.807) is 21.0 Å². The van der Waals surface area contributed by atoms with Crippen LogP contribution < -0.4 is 4.74 Å². The molecule has 1 aromatic carbocycles. The van der Waals surface area contributed by atoms with Gasteiger partial charge in [0.15, 0.2) is 5.60 Å². The van der Waals surface area contributed by atoms with Crippen LogP contribution in [0.2, 0.25) is 0 Å². The van der Waals surface area contributed by atoms with Gasteiger partial charge in [-0.2, -0.15) is 0 Å². The van der Waals surface area contributed by atoms with E-state index in [9.17, 15) is 9.90 Å². The predicted octanol–water partition coefficient (Wildman–Crippen LogP) is 5.43. The lowest BCUT2D eigenvalue weighted by atomic mass is 9.87. The molecule has 0 saturated heterocycles. The molecule has 0 aliphatic heterocycles. The Morgan fingerprint density at radius 2 is 2.09 bits per heavy atom. The van der Waals surface area contributed by atoms with E-state index < -0.39 is 11.6 Å². The highest BCUT2D eigenvalue weighted by Crippen LogP contribution is 2.32. The topological polar surface area (TPSA) is 91.0 Å². The molecule has 1 heterocycles. The molecule has 0 bridgehead atoms. The fraction of sp³-hybridized carbons (Fsp3) is 0.600. The molecule has 176 valence electrons. The van der Waals surface area contributed by atoms with Crippen LogP contribution in [0.1, 0.15) is 70.8 Å². The standard InChI is InChI=1S/C25H35NO6/c1-16(2)22-21(26-23(32-22)18-9-7-10-19(13-18)29-5)15-30-20-11-6-8-17(12-20)14-31-25(3,4)24(27)28/h7,9-10,13,16-17,20H,6,8,11-12,14-15H2,1-5H3,(H,27,28). The van der Waals surface area contributed by atoms with Crippen molar-refractivity contribution in [3.63, 3.8) is 0 Å². The van der Waals surface area contributed by atoms with Crippen molar-refractivity contribution in [2.24, 2.45) is 5.92 Å². The molecule has 32 heavy (non-hydrogen) atoms. The fourth-order valence-corrected chi connectivity index (χ4v) is 3.93. The van der Waals surface area contributed by atoms with Gasteiger partial charge in [-0.05, 0) is 57.2 Å². The van der Waals surface area contributed by atoms with E-state index in [4.69, 9.17) is 23.6 Å². The van der Waals surface area contributed by atoms with E-state index in [1.165, 1.54) is 0 Å². The maximum atomic E-state index is 11.3. The first-order valence-electron chi connectivity index (χ1n) is 11.3. The van der Waals surface area contributed by atoms with Crippen molar-refractivity contribution in [3.8, 4) is 17.2 Å². The van der Waals surface area contributed by atoms with E-state index in [-0.39, 0.29) is 12.0 Å². The molecule has 1 aliphatic carbocycles. The number of carbonyl (C=O) groups is 1. The van der Waals surface area contributed by atoms with Crippen molar-refractivity contribution in [3.05, 3.63) is 35.7 Å². The molecule has 7 heteroatoms. The molecule has 2 unspecified atom stereocenters. The van der Waals surface area contributed by atoms with Crippen LogP contribution in [-0.2, 0) is 20.9 Å². The Labute approximate surface area is 190 Å². The number of methoxy groups -OCH3 is 1. The lowest BCUT2D eigenvalue weighted by molar-refractivity contribution is -0.163. The molecule has 0 radical (unpaired) electrons. The minimum atomic E-state index is -1.17. The Balaban J connectivity index is 1.63. The van der Waals surface area contributed by atoms with Gasteiger partial charge < -0.3 is 23.7 Å². The van der Waals surface area contributed by atoms with Crippen LogP contribution >= 0.6 is 0 Å². The Kier molecular flexibility index (Phi) is 7.96. The van der Waals surface area contributed by atoms with Gasteiger partial charge in [0.25, 0.3) is 0 Å². The molecule has 1 aromatic heterocycles. The number of aromatic nitrogens is 1. The number of carboxylic acid groups (broad SMARTS) is 1. The molecule has 3 rings (SSSR count). The number of benzene rings is 1. The van der Waals surface area contributed by atoms with Gasteiger partial charge in [-0.3, -0.25) is 0 Å². The summed E-state index contributed by atoms with van der Waals surface area (Å²) in [4.78, 5) is 16.0. The van der Waals surface area contributed by atoms with Crippen LogP contribution in [0.5, 0.6) is 5.75 Å². The van der Waals surface area contributed by atoms with Crippen LogP contribution in [0.4, 0.5) is 0 Å². The van der Waals surface area contributed by atoms with E-state index in [2.05, 4.69) is 13.8 Å². The van der Waals surface area contributed by atoms with Crippen molar-refractivity contribution in [1.82, 2.24) is 4.98 Å². The van der Waals surface area contributed by atoms with Crippen molar-refractivity contribution in [2.75, 3.05) is 13.7 Å². The zero-order chi connectivity index (χ0) is 23.3. The smallest absolute Gasteiger partial charge is 0.335 e. The average molecular weight is 446 g/mol. The Morgan fingerprint density at radius 3 is 2.78 bits per heavy atom. The largest absolute Gasteiger partial charge is 0.497 e. The number of carboxylic acids is 1. The number of aliphatic carboxylic acids is 1. The molecule has 0 spiro atoms. The molecule has 1 aliphatic rings. The Bertz CT molecular complexity index is 904. The number of ether oxygens (including phenoxy) is 3. The van der Waals surface area contributed by atoms with Crippen molar-refractivity contribution >= 4 is 5.97 Å². The average Bonchev–Trinajstić information content (AvgIpc) is 3.21. The van der Waals surface area contributed by atoms with Crippen LogP contribution in [0.3, 0.4) is 0 Å². The van der Waals surface area contributed by atoms with Crippen LogP contribution in [-0.4, -0.2) is 41.5 Å². The van der Waals surface area contributed by atoms with E-state index >= 15 is 0 Å². The van der Waals surface area contributed by atoms with Gasteiger partial charge in [-0.25, -0.2) is 9.78 Å². The summed E-state index contributed by atoms with van der Waals surface area (Å²) >= 11 is 0. The first-order chi connectivity index (χ1) is 15.2. The second kappa shape index (κ2) is 10.5. The molecule has 1 N–H and O–H groups in total. The monoisotopic (exact) mass is 445 g/mol. The van der Waals surface area contributed by atoms with E-state index in [1.807, 2.05) is 24.3 Å². The molecule has 0 amide bonds. The Hall–Kier alpha value is -2.38. The molecule has 7 nitrogen and oxygen atoms in total. The van der Waals surface area contributed by atoms with Gasteiger partial charge >= 0.3 is 5.97 Å². The summed E-state index contributed by atoms with van der Waals surface area (Å²) in [5.74, 6) is 1.69. The molecule has 2 aromatic rings. The third-order valence-corrected chi connectivity index (χ3v) is 5.95. The summed E-state index contributed by atoms with van der Waals surface area (Å²) in [6.07, 6.45) is 4.00.